The molecule has 110 valence electrons. The lowest BCUT2D eigenvalue weighted by molar-refractivity contribution is 0.0689. The molecule has 0 fully saturated rings. The first-order chi connectivity index (χ1) is 9.54. The van der Waals surface area contributed by atoms with Crippen LogP contribution in [0.2, 0.25) is 0 Å². The van der Waals surface area contributed by atoms with E-state index in [2.05, 4.69) is 10.3 Å². The maximum atomic E-state index is 11.8. The molecular weight excluding hydrogens is 262 g/mol. The standard InChI is InChI=1S/C13H19N3O4/c1-16(7-8-20-2)6-5-14-12(17)10-3-4-11(13(18)19)15-9-10/h3-4,9H,5-8H2,1-2H3,(H,14,17)(H,18,19). The first-order valence-electron chi connectivity index (χ1n) is 6.19. The topological polar surface area (TPSA) is 91.8 Å². The van der Waals surface area contributed by atoms with Gasteiger partial charge in [-0.15, -0.1) is 0 Å². The number of carboxylic acid groups (broad SMARTS) is 1. The van der Waals surface area contributed by atoms with Gasteiger partial charge in [0.2, 0.25) is 0 Å². The number of carbonyl (C=O) groups is 2. The van der Waals surface area contributed by atoms with Crippen LogP contribution in [-0.4, -0.2) is 67.3 Å². The van der Waals surface area contributed by atoms with Crippen LogP contribution in [-0.2, 0) is 4.74 Å². The Morgan fingerprint density at radius 2 is 2.15 bits per heavy atom. The second-order valence-corrected chi connectivity index (χ2v) is 4.29. The third-order valence-electron chi connectivity index (χ3n) is 2.70. The van der Waals surface area contributed by atoms with E-state index >= 15 is 0 Å². The number of rotatable bonds is 8. The molecular formula is C13H19N3O4. The number of hydrogen-bond acceptors (Lipinski definition) is 5. The third-order valence-corrected chi connectivity index (χ3v) is 2.70. The van der Waals surface area contributed by atoms with Crippen molar-refractivity contribution in [3.63, 3.8) is 0 Å². The zero-order valence-corrected chi connectivity index (χ0v) is 11.6. The molecule has 0 aliphatic rings. The molecule has 0 saturated heterocycles. The van der Waals surface area contributed by atoms with Gasteiger partial charge in [0.1, 0.15) is 5.69 Å². The average molecular weight is 281 g/mol. The zero-order chi connectivity index (χ0) is 15.0. The minimum atomic E-state index is -1.11. The van der Waals surface area contributed by atoms with E-state index in [4.69, 9.17) is 9.84 Å². The lowest BCUT2D eigenvalue weighted by atomic mass is 10.2. The number of nitrogens with one attached hydrogen (secondary N) is 1. The van der Waals surface area contributed by atoms with E-state index in [-0.39, 0.29) is 11.6 Å². The maximum absolute atomic E-state index is 11.8. The highest BCUT2D eigenvalue weighted by molar-refractivity contribution is 5.94. The van der Waals surface area contributed by atoms with Gasteiger partial charge in [-0.05, 0) is 19.2 Å². The van der Waals surface area contributed by atoms with Crippen molar-refractivity contribution in [3.8, 4) is 0 Å². The quantitative estimate of drug-likeness (QED) is 0.701. The van der Waals surface area contributed by atoms with Crippen molar-refractivity contribution in [2.75, 3.05) is 40.4 Å². The van der Waals surface area contributed by atoms with Crippen LogP contribution in [0.3, 0.4) is 0 Å². The van der Waals surface area contributed by atoms with Gasteiger partial charge < -0.3 is 20.1 Å². The van der Waals surface area contributed by atoms with E-state index in [0.717, 1.165) is 6.54 Å². The lowest BCUT2D eigenvalue weighted by Gasteiger charge is -2.16. The molecule has 0 radical (unpaired) electrons. The Labute approximate surface area is 117 Å². The highest BCUT2D eigenvalue weighted by Crippen LogP contribution is 2.00. The summed E-state index contributed by atoms with van der Waals surface area (Å²) in [7, 11) is 3.58. The fraction of sp³-hybridized carbons (Fsp3) is 0.462. The van der Waals surface area contributed by atoms with Gasteiger partial charge in [0.05, 0.1) is 12.2 Å². The third kappa shape index (κ3) is 5.33. The summed E-state index contributed by atoms with van der Waals surface area (Å²) in [5.74, 6) is -1.38. The van der Waals surface area contributed by atoms with E-state index in [1.54, 1.807) is 7.11 Å². The Kier molecular flexibility index (Phi) is 6.61. The Bertz CT molecular complexity index is 447. The number of pyridine rings is 1. The van der Waals surface area contributed by atoms with Gasteiger partial charge in [0.25, 0.3) is 5.91 Å². The van der Waals surface area contributed by atoms with Crippen molar-refractivity contribution in [1.29, 1.82) is 0 Å². The van der Waals surface area contributed by atoms with Crippen LogP contribution >= 0.6 is 0 Å². The summed E-state index contributed by atoms with van der Waals surface area (Å²) in [5, 5.41) is 11.5. The SMILES string of the molecule is COCCN(C)CCNC(=O)c1ccc(C(=O)O)nc1. The molecule has 0 spiro atoms. The zero-order valence-electron chi connectivity index (χ0n) is 11.6. The summed E-state index contributed by atoms with van der Waals surface area (Å²) < 4.78 is 4.95. The van der Waals surface area contributed by atoms with Crippen LogP contribution in [0.25, 0.3) is 0 Å². The maximum Gasteiger partial charge on any atom is 0.354 e. The minimum absolute atomic E-state index is 0.0825. The summed E-state index contributed by atoms with van der Waals surface area (Å²) in [6.07, 6.45) is 1.26. The van der Waals surface area contributed by atoms with Gasteiger partial charge >= 0.3 is 5.97 Å². The van der Waals surface area contributed by atoms with Crippen molar-refractivity contribution in [3.05, 3.63) is 29.6 Å². The molecule has 20 heavy (non-hydrogen) atoms. The molecule has 0 aliphatic heterocycles. The predicted molar refractivity (Wildman–Crippen MR) is 72.9 cm³/mol. The van der Waals surface area contributed by atoms with Gasteiger partial charge in [0.15, 0.2) is 0 Å². The van der Waals surface area contributed by atoms with E-state index in [1.807, 2.05) is 11.9 Å². The number of ether oxygens (including phenoxy) is 1. The molecule has 1 aromatic heterocycles. The highest BCUT2D eigenvalue weighted by Gasteiger charge is 2.08. The molecule has 1 heterocycles. The predicted octanol–water partition coefficient (Wildman–Crippen LogP) is 0.0878. The number of carbonyl (C=O) groups excluding carboxylic acids is 1. The van der Waals surface area contributed by atoms with E-state index in [1.165, 1.54) is 18.3 Å². The molecule has 2 N–H and O–H groups in total. The van der Waals surface area contributed by atoms with Crippen LogP contribution in [0, 0.1) is 0 Å². The molecule has 0 aliphatic carbocycles. The molecule has 7 heteroatoms. The molecule has 0 unspecified atom stereocenters. The van der Waals surface area contributed by atoms with Crippen molar-refractivity contribution in [2.45, 2.75) is 0 Å². The van der Waals surface area contributed by atoms with Gasteiger partial charge in [0, 0.05) is 32.9 Å². The average Bonchev–Trinajstić information content (AvgIpc) is 2.45. The van der Waals surface area contributed by atoms with Crippen LogP contribution in [0.5, 0.6) is 0 Å². The van der Waals surface area contributed by atoms with Crippen LogP contribution in [0.1, 0.15) is 20.8 Å². The second-order valence-electron chi connectivity index (χ2n) is 4.29. The van der Waals surface area contributed by atoms with Crippen molar-refractivity contribution < 1.29 is 19.4 Å². The Morgan fingerprint density at radius 1 is 1.40 bits per heavy atom. The van der Waals surface area contributed by atoms with Crippen molar-refractivity contribution in [1.82, 2.24) is 15.2 Å². The van der Waals surface area contributed by atoms with Crippen molar-refractivity contribution >= 4 is 11.9 Å². The Hall–Kier alpha value is -1.99. The molecule has 0 bridgehead atoms. The van der Waals surface area contributed by atoms with Crippen LogP contribution in [0.4, 0.5) is 0 Å². The molecule has 7 nitrogen and oxygen atoms in total. The Morgan fingerprint density at radius 3 is 2.70 bits per heavy atom. The molecule has 1 amide bonds. The number of amides is 1. The fourth-order valence-corrected chi connectivity index (χ4v) is 1.48. The summed E-state index contributed by atoms with van der Waals surface area (Å²) in [4.78, 5) is 28.1. The monoisotopic (exact) mass is 281 g/mol. The molecule has 0 saturated carbocycles. The van der Waals surface area contributed by atoms with Crippen LogP contribution in [0.15, 0.2) is 18.3 Å². The first-order valence-corrected chi connectivity index (χ1v) is 6.19. The molecule has 0 atom stereocenters. The summed E-state index contributed by atoms with van der Waals surface area (Å²) in [5.41, 5.74) is 0.260. The number of aromatic carboxylic acids is 1. The van der Waals surface area contributed by atoms with Gasteiger partial charge in [-0.25, -0.2) is 9.78 Å². The Balaban J connectivity index is 2.37. The van der Waals surface area contributed by atoms with E-state index in [9.17, 15) is 9.59 Å². The van der Waals surface area contributed by atoms with Gasteiger partial charge in [-0.2, -0.15) is 0 Å². The largest absolute Gasteiger partial charge is 0.477 e. The number of aromatic nitrogens is 1. The van der Waals surface area contributed by atoms with E-state index in [0.29, 0.717) is 25.3 Å². The second kappa shape index (κ2) is 8.23. The number of hydrogen-bond donors (Lipinski definition) is 2. The summed E-state index contributed by atoms with van der Waals surface area (Å²) >= 11 is 0. The number of nitrogens with zero attached hydrogens (tertiary/aromatic N) is 2. The number of likely N-dealkylation sites (N-methyl/N-ethyl adjacent to an activating group) is 1. The lowest BCUT2D eigenvalue weighted by Crippen LogP contribution is -2.34. The molecule has 0 aromatic carbocycles. The fourth-order valence-electron chi connectivity index (χ4n) is 1.48. The van der Waals surface area contributed by atoms with Crippen LogP contribution < -0.4 is 5.32 Å². The molecule has 1 aromatic rings. The highest BCUT2D eigenvalue weighted by atomic mass is 16.5. The minimum Gasteiger partial charge on any atom is -0.477 e. The summed E-state index contributed by atoms with van der Waals surface area (Å²) in [6, 6.07) is 2.75. The first kappa shape index (κ1) is 16.1. The van der Waals surface area contributed by atoms with Gasteiger partial charge in [-0.1, -0.05) is 0 Å². The summed E-state index contributed by atoms with van der Waals surface area (Å²) in [6.45, 7) is 2.64. The van der Waals surface area contributed by atoms with Gasteiger partial charge in [-0.3, -0.25) is 4.79 Å². The normalized spacial score (nSPS) is 10.6. The van der Waals surface area contributed by atoms with E-state index < -0.39 is 5.97 Å². The number of carboxylic acids is 1. The van der Waals surface area contributed by atoms with Crippen molar-refractivity contribution in [2.24, 2.45) is 0 Å². The molecule has 1 rings (SSSR count). The smallest absolute Gasteiger partial charge is 0.354 e. The number of methoxy groups -OCH3 is 1.